The Balaban J connectivity index is 0.784. The first-order chi connectivity index (χ1) is 27.0. The van der Waals surface area contributed by atoms with Crippen LogP contribution in [0.3, 0.4) is 0 Å². The summed E-state index contributed by atoms with van der Waals surface area (Å²) in [7, 11) is 0. The molecule has 4 aromatic heterocycles. The molecule has 1 saturated carbocycles. The van der Waals surface area contributed by atoms with Gasteiger partial charge in [-0.05, 0) is 68.4 Å². The Hall–Kier alpha value is -5.75. The molecule has 3 N–H and O–H groups in total. The number of alkyl halides is 3. The average Bonchev–Trinajstić information content (AvgIpc) is 3.81. The van der Waals surface area contributed by atoms with Crippen LogP contribution in [0.5, 0.6) is 0 Å². The Labute approximate surface area is 318 Å². The molecule has 3 aliphatic rings. The maximum Gasteiger partial charge on any atom is 0.433 e. The van der Waals surface area contributed by atoms with Crippen LogP contribution in [0.25, 0.3) is 21.9 Å². The van der Waals surface area contributed by atoms with Crippen LogP contribution in [0.4, 0.5) is 24.7 Å². The highest BCUT2D eigenvalue weighted by Crippen LogP contribution is 2.35. The second-order valence-corrected chi connectivity index (χ2v) is 14.7. The number of anilines is 2. The van der Waals surface area contributed by atoms with Crippen LogP contribution in [0.1, 0.15) is 72.4 Å². The van der Waals surface area contributed by atoms with E-state index in [2.05, 4.69) is 40.9 Å². The van der Waals surface area contributed by atoms with Gasteiger partial charge >= 0.3 is 6.18 Å². The minimum Gasteiger partial charge on any atom is -0.354 e. The van der Waals surface area contributed by atoms with Gasteiger partial charge in [0.15, 0.2) is 5.58 Å². The third-order valence-corrected chi connectivity index (χ3v) is 10.8. The highest BCUT2D eigenvalue weighted by molar-refractivity contribution is 6.05. The second-order valence-electron chi connectivity index (χ2n) is 14.7. The van der Waals surface area contributed by atoms with E-state index in [9.17, 15) is 32.3 Å². The molecule has 18 heteroatoms. The van der Waals surface area contributed by atoms with E-state index in [1.54, 1.807) is 24.3 Å². The van der Waals surface area contributed by atoms with Crippen molar-refractivity contribution in [1.82, 2.24) is 40.0 Å². The number of carbonyl (C=O) groups is 4. The lowest BCUT2D eigenvalue weighted by molar-refractivity contribution is -0.141. The van der Waals surface area contributed by atoms with Gasteiger partial charge in [0, 0.05) is 56.1 Å². The van der Waals surface area contributed by atoms with Gasteiger partial charge in [0.25, 0.3) is 5.91 Å². The van der Waals surface area contributed by atoms with Crippen molar-refractivity contribution in [3.63, 3.8) is 0 Å². The lowest BCUT2D eigenvalue weighted by Crippen LogP contribution is -2.49. The van der Waals surface area contributed by atoms with Gasteiger partial charge in [-0.3, -0.25) is 34.1 Å². The molecular formula is C38H39F3N10O5. The molecule has 4 amide bonds. The summed E-state index contributed by atoms with van der Waals surface area (Å²) in [5.41, 5.74) is 0.487. The maximum absolute atomic E-state index is 13.1. The minimum absolute atomic E-state index is 0.168. The van der Waals surface area contributed by atoms with E-state index in [0.29, 0.717) is 40.2 Å². The number of pyridine rings is 2. The fraction of sp³-hybridized carbons (Fsp3) is 0.421. The molecular weight excluding hydrogens is 733 g/mol. The fourth-order valence-corrected chi connectivity index (χ4v) is 7.87. The molecule has 15 nitrogen and oxygen atoms in total. The number of piperazine rings is 1. The summed E-state index contributed by atoms with van der Waals surface area (Å²) in [5.74, 6) is -1.51. The molecule has 56 heavy (non-hydrogen) atoms. The lowest BCUT2D eigenvalue weighted by Gasteiger charge is -2.38. The summed E-state index contributed by atoms with van der Waals surface area (Å²) >= 11 is 0. The van der Waals surface area contributed by atoms with Crippen molar-refractivity contribution in [3.05, 3.63) is 71.9 Å². The van der Waals surface area contributed by atoms with Gasteiger partial charge in [0.2, 0.25) is 17.7 Å². The van der Waals surface area contributed by atoms with E-state index < -0.39 is 29.6 Å². The van der Waals surface area contributed by atoms with Crippen molar-refractivity contribution in [2.24, 2.45) is 5.92 Å². The van der Waals surface area contributed by atoms with Crippen LogP contribution < -0.4 is 16.0 Å². The van der Waals surface area contributed by atoms with Crippen molar-refractivity contribution in [2.45, 2.75) is 56.7 Å². The SMILES string of the molecule is O=C1CCC(c2noc3c(NC(=O)CN4CCN(CC5CCC(n6cc7cc(NC(=O)c8cccc(C(F)(F)F)n8)ncc7n6)CC5)CC4)cccc23)C(=O)N1. The van der Waals surface area contributed by atoms with Crippen molar-refractivity contribution in [2.75, 3.05) is 49.9 Å². The Kier molecular flexibility index (Phi) is 10.2. The Morgan fingerprint density at radius 2 is 1.71 bits per heavy atom. The normalized spacial score (nSPS) is 21.3. The number of imide groups is 1. The monoisotopic (exact) mass is 772 g/mol. The lowest BCUT2D eigenvalue weighted by atomic mass is 9.85. The van der Waals surface area contributed by atoms with Crippen molar-refractivity contribution in [3.8, 4) is 0 Å². The molecule has 0 bridgehead atoms. The highest BCUT2D eigenvalue weighted by atomic mass is 19.4. The summed E-state index contributed by atoms with van der Waals surface area (Å²) in [6, 6.07) is 10.3. The molecule has 1 aromatic carbocycles. The first-order valence-corrected chi connectivity index (χ1v) is 18.6. The molecule has 0 spiro atoms. The molecule has 6 heterocycles. The second kappa shape index (κ2) is 15.4. The van der Waals surface area contributed by atoms with Gasteiger partial charge in [-0.25, -0.2) is 9.97 Å². The van der Waals surface area contributed by atoms with Crippen LogP contribution in [0.2, 0.25) is 0 Å². The molecule has 3 fully saturated rings. The Bertz CT molecular complexity index is 2290. The quantitative estimate of drug-likeness (QED) is 0.176. The number of fused-ring (bicyclic) bond motifs is 2. The van der Waals surface area contributed by atoms with Crippen LogP contribution in [0, 0.1) is 5.92 Å². The van der Waals surface area contributed by atoms with Gasteiger partial charge in [-0.1, -0.05) is 17.3 Å². The summed E-state index contributed by atoms with van der Waals surface area (Å²) in [6.45, 7) is 4.48. The average molecular weight is 773 g/mol. The largest absolute Gasteiger partial charge is 0.433 e. The van der Waals surface area contributed by atoms with Crippen LogP contribution >= 0.6 is 0 Å². The van der Waals surface area contributed by atoms with E-state index in [4.69, 9.17) is 9.62 Å². The first-order valence-electron chi connectivity index (χ1n) is 18.6. The van der Waals surface area contributed by atoms with E-state index in [1.165, 1.54) is 12.3 Å². The number of para-hydroxylation sites is 1. The molecule has 292 valence electrons. The molecule has 2 saturated heterocycles. The number of aromatic nitrogens is 5. The topological polar surface area (TPSA) is 180 Å². The molecule has 2 aliphatic heterocycles. The fourth-order valence-electron chi connectivity index (χ4n) is 7.87. The van der Waals surface area contributed by atoms with Crippen molar-refractivity contribution in [1.29, 1.82) is 0 Å². The third kappa shape index (κ3) is 8.11. The van der Waals surface area contributed by atoms with E-state index in [-0.39, 0.29) is 42.3 Å². The Morgan fingerprint density at radius 1 is 0.946 bits per heavy atom. The highest BCUT2D eigenvalue weighted by Gasteiger charge is 2.34. The predicted octanol–water partition coefficient (Wildman–Crippen LogP) is 4.75. The summed E-state index contributed by atoms with van der Waals surface area (Å²) < 4.78 is 46.7. The molecule has 5 aromatic rings. The molecule has 0 radical (unpaired) electrons. The number of nitrogens with one attached hydrogen (secondary N) is 3. The van der Waals surface area contributed by atoms with Gasteiger partial charge in [0.1, 0.15) is 28.4 Å². The molecule has 8 rings (SSSR count). The zero-order valence-electron chi connectivity index (χ0n) is 30.2. The molecule has 1 unspecified atom stereocenters. The number of hydrogen-bond donors (Lipinski definition) is 3. The predicted molar refractivity (Wildman–Crippen MR) is 196 cm³/mol. The summed E-state index contributed by atoms with van der Waals surface area (Å²) in [4.78, 5) is 62.0. The first kappa shape index (κ1) is 37.2. The zero-order chi connectivity index (χ0) is 39.0. The standard InChI is InChI=1S/C38H39F3N10O5/c39-38(40,41)30-6-2-5-28(43-30)37(55)45-31-17-23-20-51(47-29(23)18-42-31)24-9-7-22(8-10-24)19-49-13-15-50(16-14-49)21-33(53)44-27-4-1-3-25-34(48-56-35(25)27)26-11-12-32(52)46-36(26)54/h1-6,17-18,20,22,24,26H,7-16,19,21H2,(H,44,53)(H,45,55)(H,46,52,54). The number of carbonyl (C=O) groups excluding carboxylic acids is 4. The van der Waals surface area contributed by atoms with Gasteiger partial charge in [-0.15, -0.1) is 0 Å². The Morgan fingerprint density at radius 3 is 2.48 bits per heavy atom. The van der Waals surface area contributed by atoms with Gasteiger partial charge in [0.05, 0.1) is 30.4 Å². The van der Waals surface area contributed by atoms with Gasteiger partial charge < -0.3 is 20.1 Å². The molecule has 1 atom stereocenters. The van der Waals surface area contributed by atoms with Crippen molar-refractivity contribution >= 4 is 57.0 Å². The van der Waals surface area contributed by atoms with Crippen LogP contribution in [-0.4, -0.2) is 97.6 Å². The number of rotatable bonds is 9. The number of nitrogens with zero attached hydrogens (tertiary/aromatic N) is 7. The van der Waals surface area contributed by atoms with E-state index in [1.807, 2.05) is 10.9 Å². The summed E-state index contributed by atoms with van der Waals surface area (Å²) in [5, 5.41) is 18.1. The van der Waals surface area contributed by atoms with Crippen LogP contribution in [0.15, 0.2) is 59.4 Å². The van der Waals surface area contributed by atoms with Crippen LogP contribution in [-0.2, 0) is 20.6 Å². The zero-order valence-corrected chi connectivity index (χ0v) is 30.2. The number of amides is 4. The number of hydrogen-bond acceptors (Lipinski definition) is 11. The van der Waals surface area contributed by atoms with E-state index >= 15 is 0 Å². The third-order valence-electron chi connectivity index (χ3n) is 10.8. The van der Waals surface area contributed by atoms with Gasteiger partial charge in [-0.2, -0.15) is 18.3 Å². The number of piperidine rings is 1. The van der Waals surface area contributed by atoms with Crippen molar-refractivity contribution < 1.29 is 36.9 Å². The summed E-state index contributed by atoms with van der Waals surface area (Å²) in [6.07, 6.45) is 3.39. The minimum atomic E-state index is -4.66. The number of benzene rings is 1. The smallest absolute Gasteiger partial charge is 0.354 e. The van der Waals surface area contributed by atoms with E-state index in [0.717, 1.165) is 75.9 Å². The number of halogens is 3. The molecule has 1 aliphatic carbocycles. The maximum atomic E-state index is 13.1.